The molecular weight excluding hydrogens is 701 g/mol. The first kappa shape index (κ1) is 51.6. The number of halogens is 1. The summed E-state index contributed by atoms with van der Waals surface area (Å²) in [6.45, 7) is 7.01. The van der Waals surface area contributed by atoms with Crippen LogP contribution in [0.25, 0.3) is 0 Å². The Morgan fingerprint density at radius 3 is 1.20 bits per heavy atom. The van der Waals surface area contributed by atoms with Crippen LogP contribution in [-0.2, 0) is 23.1 Å². The SMILES string of the molecule is CCCCCCCCCCCCCCCCOCC(COP(=O)(O)OCC[N+](C)(C)C)OCCCCCCCCCCCCCCCC.[Br-]. The Bertz CT molecular complexity index is 696. The molecule has 0 bridgehead atoms. The molecule has 0 aromatic heterocycles. The van der Waals surface area contributed by atoms with Crippen LogP contribution in [0.15, 0.2) is 0 Å². The van der Waals surface area contributed by atoms with Gasteiger partial charge in [0.05, 0.1) is 34.4 Å². The molecule has 0 aliphatic heterocycles. The summed E-state index contributed by atoms with van der Waals surface area (Å²) in [5.74, 6) is 0. The second-order valence-electron chi connectivity index (χ2n) is 15.4. The topological polar surface area (TPSA) is 74.2 Å². The van der Waals surface area contributed by atoms with Gasteiger partial charge in [0, 0.05) is 13.2 Å². The van der Waals surface area contributed by atoms with Gasteiger partial charge in [0.2, 0.25) is 0 Å². The summed E-state index contributed by atoms with van der Waals surface area (Å²) in [4.78, 5) is 10.2. The molecule has 0 saturated heterocycles. The number of rotatable bonds is 40. The van der Waals surface area contributed by atoms with Crippen LogP contribution in [-0.4, -0.2) is 76.2 Å². The van der Waals surface area contributed by atoms with E-state index in [1.807, 2.05) is 21.1 Å². The van der Waals surface area contributed by atoms with Crippen LogP contribution >= 0.6 is 7.82 Å². The molecule has 49 heavy (non-hydrogen) atoms. The molecule has 9 heteroatoms. The second kappa shape index (κ2) is 38.2. The van der Waals surface area contributed by atoms with Gasteiger partial charge in [-0.15, -0.1) is 0 Å². The largest absolute Gasteiger partial charge is 1.00 e. The average molecular weight is 787 g/mol. The number of likely N-dealkylation sites (N-methyl/N-ethyl adjacent to an activating group) is 1. The molecule has 0 aromatic rings. The number of phosphoric acid groups is 1. The van der Waals surface area contributed by atoms with Gasteiger partial charge in [-0.1, -0.05) is 181 Å². The summed E-state index contributed by atoms with van der Waals surface area (Å²) in [6.07, 6.45) is 36.8. The lowest BCUT2D eigenvalue weighted by Crippen LogP contribution is -3.00. The minimum Gasteiger partial charge on any atom is -1.00 e. The fourth-order valence-corrected chi connectivity index (χ4v) is 6.69. The third kappa shape index (κ3) is 42.8. The third-order valence-corrected chi connectivity index (χ3v) is 10.2. The Hall–Kier alpha value is 0.470. The fraction of sp³-hybridized carbons (Fsp3) is 1.00. The van der Waals surface area contributed by atoms with E-state index in [2.05, 4.69) is 13.8 Å². The van der Waals surface area contributed by atoms with E-state index in [0.29, 0.717) is 30.8 Å². The highest BCUT2D eigenvalue weighted by molar-refractivity contribution is 7.47. The van der Waals surface area contributed by atoms with Crippen molar-refractivity contribution in [2.24, 2.45) is 0 Å². The first-order chi connectivity index (χ1) is 23.2. The van der Waals surface area contributed by atoms with Crippen molar-refractivity contribution in [3.63, 3.8) is 0 Å². The van der Waals surface area contributed by atoms with Gasteiger partial charge in [0.15, 0.2) is 0 Å². The van der Waals surface area contributed by atoms with Gasteiger partial charge in [-0.05, 0) is 12.8 Å². The smallest absolute Gasteiger partial charge is 0.472 e. The second-order valence-corrected chi connectivity index (χ2v) is 16.8. The lowest BCUT2D eigenvalue weighted by Gasteiger charge is -2.24. The molecule has 2 unspecified atom stereocenters. The van der Waals surface area contributed by atoms with Crippen molar-refractivity contribution in [3.05, 3.63) is 0 Å². The predicted octanol–water partition coefficient (Wildman–Crippen LogP) is 9.19. The molecule has 0 amide bonds. The molecule has 0 rings (SSSR count). The van der Waals surface area contributed by atoms with Crippen molar-refractivity contribution in [1.29, 1.82) is 0 Å². The quantitative estimate of drug-likeness (QED) is 0.0380. The van der Waals surface area contributed by atoms with Gasteiger partial charge < -0.3 is 35.8 Å². The van der Waals surface area contributed by atoms with E-state index in [4.69, 9.17) is 18.5 Å². The monoisotopic (exact) mass is 786 g/mol. The average Bonchev–Trinajstić information content (AvgIpc) is 3.04. The molecule has 0 aliphatic carbocycles. The van der Waals surface area contributed by atoms with E-state index < -0.39 is 7.82 Å². The predicted molar refractivity (Wildman–Crippen MR) is 206 cm³/mol. The van der Waals surface area contributed by atoms with Gasteiger partial charge in [-0.2, -0.15) is 0 Å². The summed E-state index contributed by atoms with van der Waals surface area (Å²) < 4.78 is 35.7. The lowest BCUT2D eigenvalue weighted by atomic mass is 10.0. The zero-order valence-electron chi connectivity index (χ0n) is 33.4. The van der Waals surface area contributed by atoms with Crippen molar-refractivity contribution < 1.29 is 49.4 Å². The molecule has 0 aromatic carbocycles. The summed E-state index contributed by atoms with van der Waals surface area (Å²) in [5.41, 5.74) is 0. The summed E-state index contributed by atoms with van der Waals surface area (Å²) in [5, 5.41) is 0. The first-order valence-corrected chi connectivity index (χ1v) is 22.3. The standard InChI is InChI=1S/C40H84NO6P.BrH/c1-6-8-10-12-14-16-18-20-22-24-26-28-30-32-35-44-38-40(39-47-48(42,43)46-37-34-41(3,4)5)45-36-33-31-29-27-25-23-21-19-17-15-13-11-9-7-2;/h40H,6-39H2,1-5H3;1H. The molecule has 0 fully saturated rings. The van der Waals surface area contributed by atoms with E-state index in [-0.39, 0.29) is 36.3 Å². The normalized spacial score (nSPS) is 13.8. The minimum atomic E-state index is -4.13. The summed E-state index contributed by atoms with van der Waals surface area (Å²) in [6, 6.07) is 0. The molecule has 0 heterocycles. The minimum absolute atomic E-state index is 0. The molecule has 0 spiro atoms. The summed E-state index contributed by atoms with van der Waals surface area (Å²) in [7, 11) is 1.92. The van der Waals surface area contributed by atoms with Crippen LogP contribution in [0, 0.1) is 0 Å². The summed E-state index contributed by atoms with van der Waals surface area (Å²) >= 11 is 0. The molecule has 1 N–H and O–H groups in total. The van der Waals surface area contributed by atoms with E-state index in [1.165, 1.54) is 161 Å². The van der Waals surface area contributed by atoms with Crippen molar-refractivity contribution in [2.45, 2.75) is 200 Å². The number of nitrogens with zero attached hydrogens (tertiary/aromatic N) is 1. The Morgan fingerprint density at radius 2 is 0.837 bits per heavy atom. The lowest BCUT2D eigenvalue weighted by molar-refractivity contribution is -0.870. The number of phosphoric ester groups is 1. The Kier molecular flexibility index (Phi) is 40.2. The van der Waals surface area contributed by atoms with Crippen molar-refractivity contribution >= 4 is 7.82 Å². The maximum Gasteiger partial charge on any atom is 0.472 e. The van der Waals surface area contributed by atoms with E-state index >= 15 is 0 Å². The van der Waals surface area contributed by atoms with Crippen molar-refractivity contribution in [1.82, 2.24) is 0 Å². The van der Waals surface area contributed by atoms with Gasteiger partial charge in [0.1, 0.15) is 19.3 Å². The number of unbranched alkanes of at least 4 members (excludes halogenated alkanes) is 26. The highest BCUT2D eigenvalue weighted by Gasteiger charge is 2.25. The molecule has 7 nitrogen and oxygen atoms in total. The molecule has 0 radical (unpaired) electrons. The molecule has 0 saturated carbocycles. The Balaban J connectivity index is 0. The van der Waals surface area contributed by atoms with Crippen LogP contribution in [0.4, 0.5) is 0 Å². The number of hydrogen-bond acceptors (Lipinski definition) is 5. The van der Waals surface area contributed by atoms with Crippen LogP contribution in [0.3, 0.4) is 0 Å². The van der Waals surface area contributed by atoms with E-state index in [1.54, 1.807) is 0 Å². The number of quaternary nitrogens is 1. The van der Waals surface area contributed by atoms with E-state index in [0.717, 1.165) is 19.3 Å². The molecule has 0 aliphatic rings. The zero-order valence-corrected chi connectivity index (χ0v) is 35.9. The van der Waals surface area contributed by atoms with Crippen LogP contribution in [0.2, 0.25) is 0 Å². The highest BCUT2D eigenvalue weighted by Crippen LogP contribution is 2.43. The third-order valence-electron chi connectivity index (χ3n) is 9.24. The van der Waals surface area contributed by atoms with Crippen LogP contribution in [0.1, 0.15) is 194 Å². The van der Waals surface area contributed by atoms with Crippen LogP contribution in [0.5, 0.6) is 0 Å². The Labute approximate surface area is 316 Å². The number of hydrogen-bond donors (Lipinski definition) is 1. The van der Waals surface area contributed by atoms with Gasteiger partial charge in [-0.3, -0.25) is 9.05 Å². The fourth-order valence-electron chi connectivity index (χ4n) is 5.95. The maximum absolute atomic E-state index is 12.4. The van der Waals surface area contributed by atoms with Gasteiger partial charge in [0.25, 0.3) is 0 Å². The maximum atomic E-state index is 12.4. The van der Waals surface area contributed by atoms with Gasteiger partial charge >= 0.3 is 7.82 Å². The van der Waals surface area contributed by atoms with Crippen molar-refractivity contribution in [3.8, 4) is 0 Å². The number of ether oxygens (including phenoxy) is 2. The Morgan fingerprint density at radius 1 is 0.490 bits per heavy atom. The van der Waals surface area contributed by atoms with Gasteiger partial charge in [-0.25, -0.2) is 4.57 Å². The van der Waals surface area contributed by atoms with Crippen molar-refractivity contribution in [2.75, 3.05) is 60.7 Å². The zero-order chi connectivity index (χ0) is 35.4. The first-order valence-electron chi connectivity index (χ1n) is 20.8. The van der Waals surface area contributed by atoms with E-state index in [9.17, 15) is 9.46 Å². The molecule has 298 valence electrons. The van der Waals surface area contributed by atoms with Crippen LogP contribution < -0.4 is 17.0 Å². The molecular formula is C40H85BrNO6P. The molecule has 2 atom stereocenters. The highest BCUT2D eigenvalue weighted by atomic mass is 79.9.